The molecule has 3 heterocycles. The highest BCUT2D eigenvalue weighted by Crippen LogP contribution is 2.30. The number of aromatic nitrogens is 4. The first-order valence-electron chi connectivity index (χ1n) is 12.1. The second kappa shape index (κ2) is 9.68. The highest BCUT2D eigenvalue weighted by Gasteiger charge is 2.23. The number of carbonyl (C=O) groups is 1. The van der Waals surface area contributed by atoms with Crippen LogP contribution in [0.5, 0.6) is 0 Å². The van der Waals surface area contributed by atoms with Crippen LogP contribution in [-0.2, 0) is 20.1 Å². The Hall–Kier alpha value is -4.47. The summed E-state index contributed by atoms with van der Waals surface area (Å²) < 4.78 is 4.80. The number of rotatable bonds is 6. The van der Waals surface area contributed by atoms with E-state index in [1.807, 2.05) is 48.5 Å². The van der Waals surface area contributed by atoms with Crippen molar-refractivity contribution in [1.82, 2.24) is 18.9 Å². The predicted octanol–water partition coefficient (Wildman–Crippen LogP) is 5.23. The molecule has 194 valence electrons. The minimum Gasteiger partial charge on any atom is -0.478 e. The molecule has 0 aliphatic rings. The number of carboxylic acid groups (broad SMARTS) is 1. The van der Waals surface area contributed by atoms with Gasteiger partial charge in [0.15, 0.2) is 5.65 Å². The maximum Gasteiger partial charge on any atom is 0.335 e. The average Bonchev–Trinajstić information content (AvgIpc) is 3.53. The molecule has 6 aromatic rings. The van der Waals surface area contributed by atoms with Crippen LogP contribution in [0.2, 0.25) is 4.34 Å². The van der Waals surface area contributed by atoms with Crippen LogP contribution in [0.3, 0.4) is 0 Å². The third-order valence-corrected chi connectivity index (χ3v) is 7.97. The topological polar surface area (TPSA) is 99.1 Å². The van der Waals surface area contributed by atoms with E-state index in [1.54, 1.807) is 22.9 Å². The van der Waals surface area contributed by atoms with Gasteiger partial charge in [-0.15, -0.1) is 11.3 Å². The third-order valence-electron chi connectivity index (χ3n) is 6.75. The zero-order valence-electron chi connectivity index (χ0n) is 20.7. The van der Waals surface area contributed by atoms with Crippen LogP contribution in [-0.4, -0.2) is 30.0 Å². The molecule has 39 heavy (non-hydrogen) atoms. The lowest BCUT2D eigenvalue weighted by Gasteiger charge is -2.11. The summed E-state index contributed by atoms with van der Waals surface area (Å²) in [5.74, 6) is -1.08. The normalized spacial score (nSPS) is 11.4. The van der Waals surface area contributed by atoms with E-state index in [0.717, 1.165) is 25.8 Å². The quantitative estimate of drug-likeness (QED) is 0.303. The lowest BCUT2D eigenvalue weighted by molar-refractivity contribution is 0.0697. The summed E-state index contributed by atoms with van der Waals surface area (Å²) in [6, 6.07) is 23.9. The number of carboxylic acids is 1. The fourth-order valence-corrected chi connectivity index (χ4v) is 5.97. The molecular weight excluding hydrogens is 536 g/mol. The molecule has 0 unspecified atom stereocenters. The van der Waals surface area contributed by atoms with Crippen molar-refractivity contribution in [3.63, 3.8) is 0 Å². The Morgan fingerprint density at radius 3 is 2.51 bits per heavy atom. The fraction of sp³-hybridized carbons (Fsp3) is 0.103. The second-order valence-corrected chi connectivity index (χ2v) is 11.0. The van der Waals surface area contributed by atoms with E-state index in [-0.39, 0.29) is 23.1 Å². The van der Waals surface area contributed by atoms with Crippen molar-refractivity contribution in [2.24, 2.45) is 7.05 Å². The van der Waals surface area contributed by atoms with E-state index in [9.17, 15) is 19.5 Å². The number of halogens is 1. The van der Waals surface area contributed by atoms with Crippen molar-refractivity contribution in [3.8, 4) is 11.3 Å². The van der Waals surface area contributed by atoms with Crippen LogP contribution < -0.4 is 11.2 Å². The molecule has 8 nitrogen and oxygen atoms in total. The Bertz CT molecular complexity index is 2030. The van der Waals surface area contributed by atoms with E-state index in [4.69, 9.17) is 16.7 Å². The third kappa shape index (κ3) is 4.35. The molecule has 0 aliphatic carbocycles. The maximum atomic E-state index is 13.6. The number of aromatic carboxylic acids is 1. The number of hydrogen-bond donors (Lipinski definition) is 1. The molecule has 0 saturated heterocycles. The van der Waals surface area contributed by atoms with Gasteiger partial charge in [-0.1, -0.05) is 66.2 Å². The molecule has 0 saturated carbocycles. The number of benzene rings is 3. The Kier molecular flexibility index (Phi) is 6.17. The summed E-state index contributed by atoms with van der Waals surface area (Å²) in [5.41, 5.74) is 1.22. The number of nitrogens with zero attached hydrogens (tertiary/aromatic N) is 4. The number of hydrogen-bond acceptors (Lipinski definition) is 5. The maximum absolute atomic E-state index is 13.6. The van der Waals surface area contributed by atoms with Gasteiger partial charge in [-0.3, -0.25) is 18.6 Å². The largest absolute Gasteiger partial charge is 0.478 e. The van der Waals surface area contributed by atoms with E-state index >= 15 is 0 Å². The van der Waals surface area contributed by atoms with Gasteiger partial charge in [0.25, 0.3) is 5.56 Å². The molecule has 0 radical (unpaired) electrons. The van der Waals surface area contributed by atoms with Crippen molar-refractivity contribution in [1.29, 1.82) is 0 Å². The van der Waals surface area contributed by atoms with Crippen molar-refractivity contribution in [3.05, 3.63) is 120 Å². The van der Waals surface area contributed by atoms with Gasteiger partial charge >= 0.3 is 11.7 Å². The van der Waals surface area contributed by atoms with Crippen LogP contribution in [0.25, 0.3) is 33.1 Å². The summed E-state index contributed by atoms with van der Waals surface area (Å²) in [7, 11) is 1.43. The van der Waals surface area contributed by atoms with Crippen LogP contribution in [0.15, 0.2) is 88.5 Å². The lowest BCUT2D eigenvalue weighted by atomic mass is 10.0. The smallest absolute Gasteiger partial charge is 0.335 e. The van der Waals surface area contributed by atoms with Gasteiger partial charge in [0.05, 0.1) is 28.7 Å². The predicted molar refractivity (Wildman–Crippen MR) is 153 cm³/mol. The molecule has 1 N–H and O–H groups in total. The standard InChI is InChI=1S/C29H21ClN4O4S/c1-32-27(35)24-25(18-8-5-9-19(14-18)28(36)37)34(15-20-10-4-7-17-6-2-3-11-22(17)20)31-26(24)33(29(32)38)16-21-12-13-23(30)39-21/h2-14H,15-16H2,1H3,(H,36,37). The van der Waals surface area contributed by atoms with Gasteiger partial charge in [-0.05, 0) is 40.6 Å². The van der Waals surface area contributed by atoms with Gasteiger partial charge in [0.2, 0.25) is 0 Å². The monoisotopic (exact) mass is 556 g/mol. The van der Waals surface area contributed by atoms with E-state index < -0.39 is 17.2 Å². The van der Waals surface area contributed by atoms with Gasteiger partial charge in [-0.2, -0.15) is 5.10 Å². The summed E-state index contributed by atoms with van der Waals surface area (Å²) in [5, 5.41) is 16.8. The molecule has 0 aliphatic heterocycles. The molecular formula is C29H21ClN4O4S. The highest BCUT2D eigenvalue weighted by molar-refractivity contribution is 7.16. The molecule has 0 amide bonds. The van der Waals surface area contributed by atoms with Crippen LogP contribution >= 0.6 is 22.9 Å². The SMILES string of the molecule is Cn1c(=O)c2c(-c3cccc(C(=O)O)c3)n(Cc3cccc4ccccc34)nc2n(Cc2ccc(Cl)s2)c1=O. The first-order valence-corrected chi connectivity index (χ1v) is 13.3. The van der Waals surface area contributed by atoms with Crippen molar-refractivity contribution >= 4 is 50.7 Å². The minimum atomic E-state index is -1.08. The number of fused-ring (bicyclic) bond motifs is 2. The Labute approximate surface area is 230 Å². The Morgan fingerprint density at radius 1 is 0.974 bits per heavy atom. The number of thiophene rings is 1. The van der Waals surface area contributed by atoms with E-state index in [2.05, 4.69) is 0 Å². The van der Waals surface area contributed by atoms with Crippen molar-refractivity contribution in [2.75, 3.05) is 0 Å². The highest BCUT2D eigenvalue weighted by atomic mass is 35.5. The first kappa shape index (κ1) is 24.8. The average molecular weight is 557 g/mol. The first-order chi connectivity index (χ1) is 18.8. The van der Waals surface area contributed by atoms with E-state index in [0.29, 0.717) is 22.1 Å². The van der Waals surface area contributed by atoms with Crippen molar-refractivity contribution < 1.29 is 9.90 Å². The molecule has 0 fully saturated rings. The Morgan fingerprint density at radius 2 is 1.74 bits per heavy atom. The van der Waals surface area contributed by atoms with Crippen LogP contribution in [0.1, 0.15) is 20.8 Å². The lowest BCUT2D eigenvalue weighted by Crippen LogP contribution is -2.38. The second-order valence-electron chi connectivity index (χ2n) is 9.17. The van der Waals surface area contributed by atoms with Gasteiger partial charge < -0.3 is 5.11 Å². The summed E-state index contributed by atoms with van der Waals surface area (Å²) >= 11 is 7.48. The Balaban J connectivity index is 1.66. The molecule has 0 bridgehead atoms. The summed E-state index contributed by atoms with van der Waals surface area (Å²) in [6.07, 6.45) is 0. The summed E-state index contributed by atoms with van der Waals surface area (Å²) in [4.78, 5) is 39.6. The van der Waals surface area contributed by atoms with E-state index in [1.165, 1.54) is 35.1 Å². The molecule has 10 heteroatoms. The molecule has 6 rings (SSSR count). The fourth-order valence-electron chi connectivity index (χ4n) is 4.90. The van der Waals surface area contributed by atoms with Crippen molar-refractivity contribution in [2.45, 2.75) is 13.1 Å². The molecule has 0 spiro atoms. The zero-order valence-corrected chi connectivity index (χ0v) is 22.2. The van der Waals surface area contributed by atoms with Crippen LogP contribution in [0, 0.1) is 0 Å². The minimum absolute atomic E-state index is 0.0805. The van der Waals surface area contributed by atoms with Gasteiger partial charge in [0.1, 0.15) is 5.39 Å². The van der Waals surface area contributed by atoms with Gasteiger partial charge in [-0.25, -0.2) is 9.59 Å². The summed E-state index contributed by atoms with van der Waals surface area (Å²) in [6.45, 7) is 0.478. The molecule has 0 atom stereocenters. The zero-order chi connectivity index (χ0) is 27.3. The molecule has 3 aromatic heterocycles. The van der Waals surface area contributed by atoms with Crippen LogP contribution in [0.4, 0.5) is 0 Å². The molecule has 3 aromatic carbocycles. The van der Waals surface area contributed by atoms with Gasteiger partial charge in [0, 0.05) is 17.5 Å².